The molecule has 8 heteroatoms. The van der Waals surface area contributed by atoms with Gasteiger partial charge in [-0.3, -0.25) is 4.57 Å². The molecule has 1 aliphatic heterocycles. The van der Waals surface area contributed by atoms with E-state index in [2.05, 4.69) is 20.2 Å². The summed E-state index contributed by atoms with van der Waals surface area (Å²) in [6, 6.07) is 6.85. The number of fused-ring (bicyclic) bond motifs is 1. The number of imidazole rings is 1. The van der Waals surface area contributed by atoms with Crippen molar-refractivity contribution in [1.82, 2.24) is 19.5 Å². The van der Waals surface area contributed by atoms with E-state index in [1.807, 2.05) is 0 Å². The Labute approximate surface area is 168 Å². The lowest BCUT2D eigenvalue weighted by Crippen LogP contribution is -2.23. The monoisotopic (exact) mass is 396 g/mol. The maximum absolute atomic E-state index is 13.3. The van der Waals surface area contributed by atoms with Crippen LogP contribution in [0.2, 0.25) is 0 Å². The smallest absolute Gasteiger partial charge is 0.224 e. The van der Waals surface area contributed by atoms with Crippen molar-refractivity contribution in [1.29, 1.82) is 0 Å². The summed E-state index contributed by atoms with van der Waals surface area (Å²) in [5.74, 6) is 1.06. The molecule has 3 aromatic rings. The average molecular weight is 396 g/mol. The third-order valence-corrected chi connectivity index (χ3v) is 5.74. The molecule has 5 rings (SSSR count). The number of hydrogen-bond acceptors (Lipinski definition) is 6. The van der Waals surface area contributed by atoms with Crippen LogP contribution in [0.3, 0.4) is 0 Å². The lowest BCUT2D eigenvalue weighted by atomic mass is 9.96. The number of anilines is 3. The van der Waals surface area contributed by atoms with Crippen LogP contribution in [0.15, 0.2) is 30.5 Å². The Bertz CT molecular complexity index is 977. The number of hydrogen-bond donors (Lipinski definition) is 2. The normalized spacial score (nSPS) is 20.2. The van der Waals surface area contributed by atoms with Gasteiger partial charge >= 0.3 is 0 Å². The molecular weight excluding hydrogens is 371 g/mol. The van der Waals surface area contributed by atoms with Gasteiger partial charge in [-0.1, -0.05) is 19.3 Å². The highest BCUT2D eigenvalue weighted by Gasteiger charge is 2.25. The summed E-state index contributed by atoms with van der Waals surface area (Å²) in [5.41, 5.74) is 2.30. The van der Waals surface area contributed by atoms with Crippen molar-refractivity contribution >= 4 is 28.7 Å². The van der Waals surface area contributed by atoms with E-state index in [9.17, 15) is 4.39 Å². The molecule has 2 aliphatic rings. The predicted octanol–water partition coefficient (Wildman–Crippen LogP) is 4.42. The molecule has 2 fully saturated rings. The first-order valence-electron chi connectivity index (χ1n) is 10.4. The quantitative estimate of drug-likeness (QED) is 0.665. The molecule has 3 heterocycles. The molecule has 0 spiro atoms. The Morgan fingerprint density at radius 3 is 2.62 bits per heavy atom. The van der Waals surface area contributed by atoms with Gasteiger partial charge in [-0.15, -0.1) is 0 Å². The van der Waals surface area contributed by atoms with Gasteiger partial charge in [0.2, 0.25) is 11.9 Å². The number of rotatable bonds is 5. The van der Waals surface area contributed by atoms with E-state index in [4.69, 9.17) is 14.7 Å². The van der Waals surface area contributed by atoms with E-state index >= 15 is 0 Å². The second-order valence-corrected chi connectivity index (χ2v) is 7.84. The first-order valence-corrected chi connectivity index (χ1v) is 10.4. The molecule has 1 saturated heterocycles. The van der Waals surface area contributed by atoms with Gasteiger partial charge < -0.3 is 15.4 Å². The van der Waals surface area contributed by atoms with Gasteiger partial charge in [0.15, 0.2) is 5.65 Å². The fourth-order valence-electron chi connectivity index (χ4n) is 4.21. The molecule has 2 aromatic heterocycles. The van der Waals surface area contributed by atoms with E-state index in [0.29, 0.717) is 24.5 Å². The number of nitrogens with zero attached hydrogens (tertiary/aromatic N) is 4. The second-order valence-electron chi connectivity index (χ2n) is 7.84. The Morgan fingerprint density at radius 1 is 1.03 bits per heavy atom. The van der Waals surface area contributed by atoms with Crippen LogP contribution >= 0.6 is 0 Å². The van der Waals surface area contributed by atoms with Gasteiger partial charge in [0.25, 0.3) is 0 Å². The minimum Gasteiger partial charge on any atom is -0.379 e. The molecule has 0 amide bonds. The van der Waals surface area contributed by atoms with E-state index < -0.39 is 0 Å². The van der Waals surface area contributed by atoms with Crippen LogP contribution in [0, 0.1) is 5.82 Å². The Balaban J connectivity index is 1.49. The standard InChI is InChI=1S/C21H25FN6O/c22-14-6-8-16(9-7-14)25-21-26-18-12-23-20(24-15-4-2-1-3-5-15)27-19(18)28(21)17-10-11-29-13-17/h6-9,12,15,17H,1-5,10-11,13H2,(H,25,26)(H,23,24,27). The number of ether oxygens (including phenoxy) is 1. The summed E-state index contributed by atoms with van der Waals surface area (Å²) in [7, 11) is 0. The minimum atomic E-state index is -0.266. The molecule has 1 aliphatic carbocycles. The highest BCUT2D eigenvalue weighted by molar-refractivity contribution is 5.76. The topological polar surface area (TPSA) is 76.9 Å². The number of aromatic nitrogens is 4. The maximum atomic E-state index is 13.3. The number of benzene rings is 1. The van der Waals surface area contributed by atoms with Crippen molar-refractivity contribution in [3.8, 4) is 0 Å². The average Bonchev–Trinajstić information content (AvgIpc) is 3.37. The lowest BCUT2D eigenvalue weighted by Gasteiger charge is -2.22. The fraction of sp³-hybridized carbons (Fsp3) is 0.476. The zero-order valence-corrected chi connectivity index (χ0v) is 16.3. The fourth-order valence-corrected chi connectivity index (χ4v) is 4.21. The van der Waals surface area contributed by atoms with E-state index in [-0.39, 0.29) is 11.9 Å². The third-order valence-electron chi connectivity index (χ3n) is 5.74. The van der Waals surface area contributed by atoms with Crippen molar-refractivity contribution in [2.75, 3.05) is 23.8 Å². The molecule has 0 bridgehead atoms. The molecular formula is C21H25FN6O. The van der Waals surface area contributed by atoms with E-state index in [0.717, 1.165) is 42.7 Å². The second kappa shape index (κ2) is 7.94. The summed E-state index contributed by atoms with van der Waals surface area (Å²) >= 11 is 0. The predicted molar refractivity (Wildman–Crippen MR) is 110 cm³/mol. The van der Waals surface area contributed by atoms with Gasteiger partial charge in [-0.05, 0) is 43.5 Å². The zero-order valence-electron chi connectivity index (χ0n) is 16.3. The van der Waals surface area contributed by atoms with Crippen LogP contribution in [-0.2, 0) is 4.74 Å². The van der Waals surface area contributed by atoms with Crippen LogP contribution in [0.25, 0.3) is 11.2 Å². The summed E-state index contributed by atoms with van der Waals surface area (Å²) < 4.78 is 21.0. The van der Waals surface area contributed by atoms with Crippen molar-refractivity contribution < 1.29 is 9.13 Å². The summed E-state index contributed by atoms with van der Waals surface area (Å²) in [4.78, 5) is 14.0. The van der Waals surface area contributed by atoms with Crippen LogP contribution in [0.1, 0.15) is 44.6 Å². The van der Waals surface area contributed by atoms with Crippen molar-refractivity contribution in [2.45, 2.75) is 50.6 Å². The molecule has 7 nitrogen and oxygen atoms in total. The van der Waals surface area contributed by atoms with Crippen LogP contribution in [0.4, 0.5) is 22.0 Å². The van der Waals surface area contributed by atoms with Crippen LogP contribution in [0.5, 0.6) is 0 Å². The van der Waals surface area contributed by atoms with E-state index in [1.54, 1.807) is 18.3 Å². The highest BCUT2D eigenvalue weighted by atomic mass is 19.1. The molecule has 1 aromatic carbocycles. The summed E-state index contributed by atoms with van der Waals surface area (Å²) in [5, 5.41) is 6.81. The lowest BCUT2D eigenvalue weighted by molar-refractivity contribution is 0.187. The third kappa shape index (κ3) is 3.89. The van der Waals surface area contributed by atoms with Gasteiger partial charge in [-0.2, -0.15) is 4.98 Å². The number of halogens is 1. The molecule has 29 heavy (non-hydrogen) atoms. The van der Waals surface area contributed by atoms with Gasteiger partial charge in [0, 0.05) is 18.3 Å². The Hall–Kier alpha value is -2.74. The van der Waals surface area contributed by atoms with Crippen LogP contribution in [-0.4, -0.2) is 38.8 Å². The van der Waals surface area contributed by atoms with Crippen LogP contribution < -0.4 is 10.6 Å². The SMILES string of the molecule is Fc1ccc(Nc2nc3cnc(NC4CCCCC4)nc3n2C2CCOC2)cc1. The maximum Gasteiger partial charge on any atom is 0.224 e. The highest BCUT2D eigenvalue weighted by Crippen LogP contribution is 2.30. The van der Waals surface area contributed by atoms with E-state index in [1.165, 1.54) is 31.4 Å². The molecule has 152 valence electrons. The van der Waals surface area contributed by atoms with Gasteiger partial charge in [-0.25, -0.2) is 14.4 Å². The molecule has 1 unspecified atom stereocenters. The minimum absolute atomic E-state index is 0.153. The van der Waals surface area contributed by atoms with Crippen molar-refractivity contribution in [3.05, 3.63) is 36.3 Å². The Morgan fingerprint density at radius 2 is 1.86 bits per heavy atom. The van der Waals surface area contributed by atoms with Crippen molar-refractivity contribution in [3.63, 3.8) is 0 Å². The molecule has 1 saturated carbocycles. The van der Waals surface area contributed by atoms with Gasteiger partial charge in [0.05, 0.1) is 18.8 Å². The summed E-state index contributed by atoms with van der Waals surface area (Å²) in [6.45, 7) is 1.34. The number of nitrogens with one attached hydrogen (secondary N) is 2. The molecule has 1 atom stereocenters. The first kappa shape index (κ1) is 18.3. The molecule has 0 radical (unpaired) electrons. The van der Waals surface area contributed by atoms with Gasteiger partial charge in [0.1, 0.15) is 11.3 Å². The molecule has 2 N–H and O–H groups in total. The zero-order chi connectivity index (χ0) is 19.6. The summed E-state index contributed by atoms with van der Waals surface area (Å²) in [6.07, 6.45) is 8.81. The first-order chi connectivity index (χ1) is 14.3. The Kier molecular flexibility index (Phi) is 5.01. The van der Waals surface area contributed by atoms with Crippen molar-refractivity contribution in [2.24, 2.45) is 0 Å². The largest absolute Gasteiger partial charge is 0.379 e.